The van der Waals surface area contributed by atoms with Gasteiger partial charge in [-0.05, 0) is 61.5 Å². The second-order valence-corrected chi connectivity index (χ2v) is 9.03. The Morgan fingerprint density at radius 1 is 1.00 bits per heavy atom. The summed E-state index contributed by atoms with van der Waals surface area (Å²) in [6.07, 6.45) is 1.39. The molecule has 0 fully saturated rings. The smallest absolute Gasteiger partial charge is 0.290 e. The molecule has 1 aromatic heterocycles. The molecule has 1 aliphatic rings. The number of hydrogen-bond donors (Lipinski definition) is 1. The zero-order chi connectivity index (χ0) is 27.1. The first-order valence-electron chi connectivity index (χ1n) is 12.9. The van der Waals surface area contributed by atoms with Crippen molar-refractivity contribution in [2.45, 2.75) is 26.8 Å². The molecule has 1 amide bonds. The minimum absolute atomic E-state index is 0.0183. The Morgan fingerprint density at radius 3 is 2.37 bits per heavy atom. The van der Waals surface area contributed by atoms with Crippen LogP contribution in [0.2, 0.25) is 0 Å². The molecular weight excluding hydrogens is 484 g/mol. The molecule has 3 aromatic rings. The van der Waals surface area contributed by atoms with Gasteiger partial charge in [-0.15, -0.1) is 0 Å². The first kappa shape index (κ1) is 27.0. The van der Waals surface area contributed by atoms with Gasteiger partial charge in [-0.2, -0.15) is 0 Å². The van der Waals surface area contributed by atoms with Crippen LogP contribution >= 0.6 is 0 Å². The molecule has 200 valence electrons. The SMILES string of the molecule is CCN(CC)CCN1C(=O)C(O)=C(C(=O)c2ccco2)[C@@H]1c1ccc(OCCOc2ccccc2C)cc1. The molecule has 0 unspecified atom stereocenters. The van der Waals surface area contributed by atoms with Gasteiger partial charge < -0.3 is 28.8 Å². The molecule has 0 radical (unpaired) electrons. The van der Waals surface area contributed by atoms with Crippen LogP contribution < -0.4 is 9.47 Å². The van der Waals surface area contributed by atoms with Crippen molar-refractivity contribution < 1.29 is 28.6 Å². The average molecular weight is 519 g/mol. The Hall–Kier alpha value is -4.04. The lowest BCUT2D eigenvalue weighted by Gasteiger charge is -2.29. The van der Waals surface area contributed by atoms with Gasteiger partial charge in [0.05, 0.1) is 17.9 Å². The van der Waals surface area contributed by atoms with E-state index in [1.165, 1.54) is 12.3 Å². The third-order valence-corrected chi connectivity index (χ3v) is 6.74. The number of amides is 1. The molecule has 0 saturated carbocycles. The molecule has 2 aromatic carbocycles. The molecular formula is C30H34N2O6. The van der Waals surface area contributed by atoms with Crippen molar-refractivity contribution in [3.05, 3.63) is 95.1 Å². The van der Waals surface area contributed by atoms with Crippen LogP contribution in [0.25, 0.3) is 0 Å². The summed E-state index contributed by atoms with van der Waals surface area (Å²) in [6.45, 7) is 9.49. The van der Waals surface area contributed by atoms with E-state index in [2.05, 4.69) is 18.7 Å². The van der Waals surface area contributed by atoms with E-state index >= 15 is 0 Å². The Morgan fingerprint density at radius 2 is 1.71 bits per heavy atom. The fourth-order valence-electron chi connectivity index (χ4n) is 4.57. The second-order valence-electron chi connectivity index (χ2n) is 9.03. The number of para-hydroxylation sites is 1. The Labute approximate surface area is 223 Å². The van der Waals surface area contributed by atoms with Gasteiger partial charge in [-0.1, -0.05) is 44.2 Å². The summed E-state index contributed by atoms with van der Waals surface area (Å²) in [6, 6.07) is 17.4. The monoisotopic (exact) mass is 518 g/mol. The average Bonchev–Trinajstić information content (AvgIpc) is 3.56. The number of carbonyl (C=O) groups is 2. The van der Waals surface area contributed by atoms with Crippen LogP contribution in [0.3, 0.4) is 0 Å². The van der Waals surface area contributed by atoms with Crippen LogP contribution in [0.1, 0.15) is 41.6 Å². The van der Waals surface area contributed by atoms with Gasteiger partial charge in [-0.3, -0.25) is 9.59 Å². The lowest BCUT2D eigenvalue weighted by atomic mass is 9.95. The Kier molecular flexibility index (Phi) is 8.86. The number of aliphatic hydroxyl groups is 1. The maximum absolute atomic E-state index is 13.3. The molecule has 1 aliphatic heterocycles. The predicted molar refractivity (Wildman–Crippen MR) is 144 cm³/mol. The highest BCUT2D eigenvalue weighted by Crippen LogP contribution is 2.39. The van der Waals surface area contributed by atoms with Crippen molar-refractivity contribution in [2.24, 2.45) is 0 Å². The number of nitrogens with zero attached hydrogens (tertiary/aromatic N) is 2. The molecule has 8 heteroatoms. The minimum atomic E-state index is -0.742. The summed E-state index contributed by atoms with van der Waals surface area (Å²) < 4.78 is 16.9. The number of aryl methyl sites for hydroxylation is 1. The number of likely N-dealkylation sites (N-methyl/N-ethyl adjacent to an activating group) is 1. The van der Waals surface area contributed by atoms with E-state index in [0.29, 0.717) is 37.6 Å². The lowest BCUT2D eigenvalue weighted by Crippen LogP contribution is -2.38. The molecule has 1 atom stereocenters. The lowest BCUT2D eigenvalue weighted by molar-refractivity contribution is -0.129. The molecule has 38 heavy (non-hydrogen) atoms. The minimum Gasteiger partial charge on any atom is -0.503 e. The topological polar surface area (TPSA) is 92.5 Å². The Bertz CT molecular complexity index is 1260. The number of ketones is 1. The number of hydrogen-bond acceptors (Lipinski definition) is 7. The molecule has 1 N–H and O–H groups in total. The summed E-state index contributed by atoms with van der Waals surface area (Å²) in [4.78, 5) is 30.1. The van der Waals surface area contributed by atoms with Gasteiger partial charge >= 0.3 is 0 Å². The van der Waals surface area contributed by atoms with Crippen LogP contribution in [0, 0.1) is 6.92 Å². The van der Waals surface area contributed by atoms with Gasteiger partial charge in [0.15, 0.2) is 11.5 Å². The zero-order valence-corrected chi connectivity index (χ0v) is 22.1. The van der Waals surface area contributed by atoms with Gasteiger partial charge in [0, 0.05) is 13.1 Å². The number of Topliss-reactive ketones (excluding diaryl/α,β-unsaturated/α-hetero) is 1. The normalized spacial score (nSPS) is 15.4. The second kappa shape index (κ2) is 12.5. The highest BCUT2D eigenvalue weighted by Gasteiger charge is 2.44. The van der Waals surface area contributed by atoms with Crippen molar-refractivity contribution in [2.75, 3.05) is 39.4 Å². The van der Waals surface area contributed by atoms with Gasteiger partial charge in [0.1, 0.15) is 24.7 Å². The van der Waals surface area contributed by atoms with Crippen LogP contribution in [-0.4, -0.2) is 66.0 Å². The van der Waals surface area contributed by atoms with E-state index < -0.39 is 23.5 Å². The van der Waals surface area contributed by atoms with Crippen molar-refractivity contribution in [3.8, 4) is 11.5 Å². The highest BCUT2D eigenvalue weighted by atomic mass is 16.5. The van der Waals surface area contributed by atoms with E-state index in [4.69, 9.17) is 13.9 Å². The quantitative estimate of drug-likeness (QED) is 0.252. The van der Waals surface area contributed by atoms with Gasteiger partial charge in [0.25, 0.3) is 5.91 Å². The number of furan rings is 1. The zero-order valence-electron chi connectivity index (χ0n) is 22.1. The standard InChI is InChI=1S/C30H34N2O6/c1-4-31(5-2)16-17-32-27(26(29(34)30(32)35)28(33)25-11-8-18-37-25)22-12-14-23(15-13-22)36-19-20-38-24-10-7-6-9-21(24)3/h6-15,18,27,34H,4-5,16-17,19-20H2,1-3H3/t27-/m0/s1. The van der Waals surface area contributed by atoms with E-state index in [-0.39, 0.29) is 11.3 Å². The predicted octanol–water partition coefficient (Wildman–Crippen LogP) is 4.97. The van der Waals surface area contributed by atoms with Crippen molar-refractivity contribution in [1.82, 2.24) is 9.80 Å². The first-order valence-corrected chi connectivity index (χ1v) is 12.9. The maximum Gasteiger partial charge on any atom is 0.290 e. The van der Waals surface area contributed by atoms with Crippen LogP contribution in [0.15, 0.2) is 82.7 Å². The van der Waals surface area contributed by atoms with Gasteiger partial charge in [0.2, 0.25) is 5.78 Å². The van der Waals surface area contributed by atoms with Crippen LogP contribution in [0.5, 0.6) is 11.5 Å². The molecule has 2 heterocycles. The molecule has 0 spiro atoms. The molecule has 0 saturated heterocycles. The van der Waals surface area contributed by atoms with E-state index in [1.807, 2.05) is 43.3 Å². The summed E-state index contributed by atoms with van der Waals surface area (Å²) in [5.74, 6) is -0.0837. The summed E-state index contributed by atoms with van der Waals surface area (Å²) in [5, 5.41) is 10.8. The maximum atomic E-state index is 13.3. The fourth-order valence-corrected chi connectivity index (χ4v) is 4.57. The fraction of sp³-hybridized carbons (Fsp3) is 0.333. The number of benzene rings is 2. The largest absolute Gasteiger partial charge is 0.503 e. The highest BCUT2D eigenvalue weighted by molar-refractivity contribution is 6.15. The van der Waals surface area contributed by atoms with Crippen molar-refractivity contribution in [3.63, 3.8) is 0 Å². The summed E-state index contributed by atoms with van der Waals surface area (Å²) >= 11 is 0. The van der Waals surface area contributed by atoms with Gasteiger partial charge in [-0.25, -0.2) is 0 Å². The number of aliphatic hydroxyl groups excluding tert-OH is 1. The number of ether oxygens (including phenoxy) is 2. The first-order chi connectivity index (χ1) is 18.4. The molecule has 4 rings (SSSR count). The van der Waals surface area contributed by atoms with Crippen LogP contribution in [-0.2, 0) is 4.79 Å². The number of rotatable bonds is 13. The van der Waals surface area contributed by atoms with Crippen LogP contribution in [0.4, 0.5) is 0 Å². The van der Waals surface area contributed by atoms with Crippen molar-refractivity contribution >= 4 is 11.7 Å². The van der Waals surface area contributed by atoms with E-state index in [1.54, 1.807) is 23.1 Å². The third kappa shape index (κ3) is 5.92. The Balaban J connectivity index is 1.50. The molecule has 0 bridgehead atoms. The molecule has 0 aliphatic carbocycles. The molecule has 8 nitrogen and oxygen atoms in total. The third-order valence-electron chi connectivity index (χ3n) is 6.74. The van der Waals surface area contributed by atoms with E-state index in [9.17, 15) is 14.7 Å². The van der Waals surface area contributed by atoms with Crippen molar-refractivity contribution in [1.29, 1.82) is 0 Å². The summed E-state index contributed by atoms with van der Waals surface area (Å²) in [7, 11) is 0. The number of carbonyl (C=O) groups excluding carboxylic acids is 2. The summed E-state index contributed by atoms with van der Waals surface area (Å²) in [5.41, 5.74) is 1.77. The van der Waals surface area contributed by atoms with E-state index in [0.717, 1.165) is 24.4 Å².